The van der Waals surface area contributed by atoms with Gasteiger partial charge in [0.15, 0.2) is 0 Å². The molecule has 0 bridgehead atoms. The molecule has 8 heteroatoms. The van der Waals surface area contributed by atoms with Crippen molar-refractivity contribution in [2.45, 2.75) is 12.5 Å². The molecule has 1 unspecified atom stereocenters. The van der Waals surface area contributed by atoms with Gasteiger partial charge in [0.05, 0.1) is 31.4 Å². The van der Waals surface area contributed by atoms with Gasteiger partial charge in [0.2, 0.25) is 5.91 Å². The Labute approximate surface area is 177 Å². The van der Waals surface area contributed by atoms with E-state index >= 15 is 0 Å². The maximum Gasteiger partial charge on any atom is 0.226 e. The quantitative estimate of drug-likeness (QED) is 0.619. The van der Waals surface area contributed by atoms with E-state index in [9.17, 15) is 9.18 Å². The lowest BCUT2D eigenvalue weighted by Crippen LogP contribution is -2.44. The molecular weight excluding hydrogens is 409 g/mol. The number of aromatic nitrogens is 1. The number of halogens is 1. The van der Waals surface area contributed by atoms with Crippen molar-refractivity contribution >= 4 is 28.6 Å². The topological polar surface area (TPSA) is 54.5 Å². The number of thiophene rings is 1. The van der Waals surface area contributed by atoms with Crippen LogP contribution in [-0.2, 0) is 16.0 Å². The number of carbonyl (C=O) groups excluding carboxylic acids is 1. The van der Waals surface area contributed by atoms with Crippen molar-refractivity contribution in [1.29, 1.82) is 0 Å². The Morgan fingerprint density at radius 1 is 1.21 bits per heavy atom. The van der Waals surface area contributed by atoms with Crippen LogP contribution in [0.1, 0.15) is 17.3 Å². The molecule has 152 valence electrons. The molecule has 1 fully saturated rings. The predicted octanol–water partition coefficient (Wildman–Crippen LogP) is 3.74. The van der Waals surface area contributed by atoms with Gasteiger partial charge in [-0.25, -0.2) is 9.37 Å². The molecule has 1 saturated heterocycles. The molecule has 0 radical (unpaired) electrons. The molecule has 5 nitrogen and oxygen atoms in total. The first kappa shape index (κ1) is 20.2. The van der Waals surface area contributed by atoms with Crippen LogP contribution in [-0.4, -0.2) is 48.6 Å². The first-order valence-corrected chi connectivity index (χ1v) is 11.3. The molecule has 1 atom stereocenters. The third-order valence-corrected chi connectivity index (χ3v) is 6.52. The molecule has 0 aliphatic carbocycles. The number of thiazole rings is 1. The fourth-order valence-corrected chi connectivity index (χ4v) is 4.91. The summed E-state index contributed by atoms with van der Waals surface area (Å²) in [6.07, 6.45) is 0.250. The first-order valence-electron chi connectivity index (χ1n) is 9.50. The number of rotatable bonds is 7. The SMILES string of the molecule is O=C(Cc1csc(-c2ccsc2)n1)NCC(c1ccc(F)cc1)N1CCOCC1. The van der Waals surface area contributed by atoms with Crippen LogP contribution in [0.25, 0.3) is 10.6 Å². The Balaban J connectivity index is 1.38. The van der Waals surface area contributed by atoms with Gasteiger partial charge in [0, 0.05) is 36.0 Å². The summed E-state index contributed by atoms with van der Waals surface area (Å²) in [5, 5.41) is 9.98. The maximum atomic E-state index is 13.3. The molecule has 3 heterocycles. The average Bonchev–Trinajstić information content (AvgIpc) is 3.42. The highest BCUT2D eigenvalue weighted by Crippen LogP contribution is 2.26. The van der Waals surface area contributed by atoms with Gasteiger partial charge in [0.25, 0.3) is 0 Å². The van der Waals surface area contributed by atoms with Crippen molar-refractivity contribution in [3.05, 3.63) is 63.5 Å². The molecule has 29 heavy (non-hydrogen) atoms. The Bertz CT molecular complexity index is 922. The lowest BCUT2D eigenvalue weighted by molar-refractivity contribution is -0.120. The summed E-state index contributed by atoms with van der Waals surface area (Å²) >= 11 is 3.18. The number of nitrogens with one attached hydrogen (secondary N) is 1. The maximum absolute atomic E-state index is 13.3. The molecule has 0 saturated carbocycles. The lowest BCUT2D eigenvalue weighted by Gasteiger charge is -2.35. The molecule has 1 N–H and O–H groups in total. The van der Waals surface area contributed by atoms with Crippen molar-refractivity contribution in [3.8, 4) is 10.6 Å². The summed E-state index contributed by atoms with van der Waals surface area (Å²) < 4.78 is 18.8. The van der Waals surface area contributed by atoms with Gasteiger partial charge < -0.3 is 10.1 Å². The zero-order valence-electron chi connectivity index (χ0n) is 15.8. The van der Waals surface area contributed by atoms with E-state index in [2.05, 4.69) is 20.6 Å². The van der Waals surface area contributed by atoms with Gasteiger partial charge in [-0.2, -0.15) is 11.3 Å². The van der Waals surface area contributed by atoms with E-state index in [1.165, 1.54) is 12.1 Å². The summed E-state index contributed by atoms with van der Waals surface area (Å²) in [6, 6.07) is 8.52. The number of amides is 1. The zero-order valence-corrected chi connectivity index (χ0v) is 17.5. The van der Waals surface area contributed by atoms with Crippen molar-refractivity contribution in [3.63, 3.8) is 0 Å². The van der Waals surface area contributed by atoms with E-state index in [0.717, 1.165) is 34.9 Å². The van der Waals surface area contributed by atoms with Gasteiger partial charge in [-0.1, -0.05) is 12.1 Å². The molecular formula is C21H22FN3O2S2. The first-order chi connectivity index (χ1) is 14.2. The van der Waals surface area contributed by atoms with Gasteiger partial charge >= 0.3 is 0 Å². The van der Waals surface area contributed by atoms with Crippen molar-refractivity contribution in [2.75, 3.05) is 32.8 Å². The van der Waals surface area contributed by atoms with Gasteiger partial charge in [-0.15, -0.1) is 11.3 Å². The number of hydrogen-bond donors (Lipinski definition) is 1. The van der Waals surface area contributed by atoms with Gasteiger partial charge in [-0.3, -0.25) is 9.69 Å². The largest absolute Gasteiger partial charge is 0.379 e. The molecule has 1 aromatic carbocycles. The summed E-state index contributed by atoms with van der Waals surface area (Å²) in [6.45, 7) is 3.36. The summed E-state index contributed by atoms with van der Waals surface area (Å²) in [5.74, 6) is -0.323. The fourth-order valence-electron chi connectivity index (χ4n) is 3.38. The van der Waals surface area contributed by atoms with Crippen LogP contribution in [0.4, 0.5) is 4.39 Å². The van der Waals surface area contributed by atoms with Crippen LogP contribution >= 0.6 is 22.7 Å². The monoisotopic (exact) mass is 431 g/mol. The number of nitrogens with zero attached hydrogens (tertiary/aromatic N) is 2. The fraction of sp³-hybridized carbons (Fsp3) is 0.333. The molecule has 0 spiro atoms. The van der Waals surface area contributed by atoms with E-state index in [1.54, 1.807) is 34.8 Å². The molecule has 1 amide bonds. The highest BCUT2D eigenvalue weighted by Gasteiger charge is 2.23. The van der Waals surface area contributed by atoms with Gasteiger partial charge in [0.1, 0.15) is 10.8 Å². The minimum absolute atomic E-state index is 0.0137. The molecule has 1 aliphatic heterocycles. The highest BCUT2D eigenvalue weighted by atomic mass is 32.1. The van der Waals surface area contributed by atoms with Crippen molar-refractivity contribution in [2.24, 2.45) is 0 Å². The van der Waals surface area contributed by atoms with Crippen molar-refractivity contribution < 1.29 is 13.9 Å². The number of ether oxygens (including phenoxy) is 1. The lowest BCUT2D eigenvalue weighted by atomic mass is 10.0. The third-order valence-electron chi connectivity index (χ3n) is 4.90. The third kappa shape index (κ3) is 5.27. The summed E-state index contributed by atoms with van der Waals surface area (Å²) in [7, 11) is 0. The van der Waals surface area contributed by atoms with Crippen LogP contribution < -0.4 is 5.32 Å². The van der Waals surface area contributed by atoms with Crippen LogP contribution in [0.2, 0.25) is 0 Å². The van der Waals surface area contributed by atoms with Crippen LogP contribution in [0.15, 0.2) is 46.5 Å². The second-order valence-corrected chi connectivity index (χ2v) is 8.49. The number of carbonyl (C=O) groups is 1. The Morgan fingerprint density at radius 3 is 2.72 bits per heavy atom. The number of hydrogen-bond acceptors (Lipinski definition) is 6. The summed E-state index contributed by atoms with van der Waals surface area (Å²) in [5.41, 5.74) is 2.86. The van der Waals surface area contributed by atoms with E-state index in [1.807, 2.05) is 16.8 Å². The Morgan fingerprint density at radius 2 is 2.00 bits per heavy atom. The predicted molar refractivity (Wildman–Crippen MR) is 114 cm³/mol. The Kier molecular flexibility index (Phi) is 6.66. The highest BCUT2D eigenvalue weighted by molar-refractivity contribution is 7.14. The Hall–Kier alpha value is -2.13. The molecule has 2 aromatic heterocycles. The van der Waals surface area contributed by atoms with Crippen molar-refractivity contribution in [1.82, 2.24) is 15.2 Å². The van der Waals surface area contributed by atoms with Crippen LogP contribution in [0.5, 0.6) is 0 Å². The minimum atomic E-state index is -0.261. The normalized spacial score (nSPS) is 15.9. The van der Waals surface area contributed by atoms with Crippen LogP contribution in [0, 0.1) is 5.82 Å². The second kappa shape index (κ2) is 9.58. The van der Waals surface area contributed by atoms with E-state index in [0.29, 0.717) is 19.8 Å². The van der Waals surface area contributed by atoms with E-state index in [-0.39, 0.29) is 24.2 Å². The smallest absolute Gasteiger partial charge is 0.226 e. The average molecular weight is 432 g/mol. The number of benzene rings is 1. The summed E-state index contributed by atoms with van der Waals surface area (Å²) in [4.78, 5) is 19.4. The second-order valence-electron chi connectivity index (χ2n) is 6.85. The molecule has 3 aromatic rings. The number of morpholine rings is 1. The van der Waals surface area contributed by atoms with E-state index < -0.39 is 0 Å². The van der Waals surface area contributed by atoms with Crippen LogP contribution in [0.3, 0.4) is 0 Å². The van der Waals surface area contributed by atoms with E-state index in [4.69, 9.17) is 4.74 Å². The molecule has 4 rings (SSSR count). The zero-order chi connectivity index (χ0) is 20.1. The molecule has 1 aliphatic rings. The standard InChI is InChI=1S/C21H22FN3O2S2/c22-17-3-1-15(2-4-17)19(25-6-8-27-9-7-25)12-23-20(26)11-18-14-29-21(24-18)16-5-10-28-13-16/h1-5,10,13-14,19H,6-9,11-12H2,(H,23,26). The van der Waals surface area contributed by atoms with Gasteiger partial charge in [-0.05, 0) is 29.1 Å². The minimum Gasteiger partial charge on any atom is -0.379 e.